The van der Waals surface area contributed by atoms with Crippen LogP contribution in [0.25, 0.3) is 43.8 Å². The van der Waals surface area contributed by atoms with E-state index < -0.39 is 5.41 Å². The van der Waals surface area contributed by atoms with Crippen molar-refractivity contribution in [3.8, 4) is 33.8 Å². The third kappa shape index (κ3) is 5.73. The van der Waals surface area contributed by atoms with Gasteiger partial charge in [0.05, 0.1) is 0 Å². The first-order valence-corrected chi connectivity index (χ1v) is 18.3. The third-order valence-electron chi connectivity index (χ3n) is 11.1. The van der Waals surface area contributed by atoms with E-state index in [2.05, 4.69) is 172 Å². The molecule has 0 saturated heterocycles. The van der Waals surface area contributed by atoms with Gasteiger partial charge >= 0.3 is 0 Å². The summed E-state index contributed by atoms with van der Waals surface area (Å²) in [5, 5.41) is 29.0. The van der Waals surface area contributed by atoms with Crippen molar-refractivity contribution in [3.05, 3.63) is 166 Å². The van der Waals surface area contributed by atoms with Crippen LogP contribution in [0.15, 0.2) is 127 Å². The fraction of sp³-hybridized carbons (Fsp3) is 0.208. The molecule has 0 unspecified atom stereocenters. The first-order valence-electron chi connectivity index (χ1n) is 18.3. The Labute approximate surface area is 307 Å². The molecule has 1 aliphatic carbocycles. The van der Waals surface area contributed by atoms with E-state index in [0.717, 1.165) is 73.6 Å². The van der Waals surface area contributed by atoms with Gasteiger partial charge in [0.1, 0.15) is 11.5 Å². The molecule has 0 bridgehead atoms. The molecule has 0 amide bonds. The topological polar surface area (TPSA) is 46.9 Å². The Kier molecular flexibility index (Phi) is 8.61. The minimum absolute atomic E-state index is 0.308. The van der Waals surface area contributed by atoms with Crippen molar-refractivity contribution in [1.29, 1.82) is 0 Å². The summed E-state index contributed by atoms with van der Waals surface area (Å²) in [5.41, 5.74) is 11.2. The highest BCUT2D eigenvalue weighted by Gasteiger charge is 2.42. The fourth-order valence-electron chi connectivity index (χ4n) is 8.60. The smallest absolute Gasteiger partial charge is 0.127 e. The van der Waals surface area contributed by atoms with Crippen LogP contribution in [0.1, 0.15) is 45.9 Å². The van der Waals surface area contributed by atoms with Gasteiger partial charge in [0, 0.05) is 59.4 Å². The molecule has 0 atom stereocenters. The molecule has 4 heteroatoms. The Bertz CT molecular complexity index is 2380. The third-order valence-corrected chi connectivity index (χ3v) is 11.1. The largest absolute Gasteiger partial charge is 0.507 e. The van der Waals surface area contributed by atoms with E-state index in [1.165, 1.54) is 22.3 Å². The monoisotopic (exact) mass is 682 g/mol. The lowest BCUT2D eigenvalue weighted by molar-refractivity contribution is 0.221. The number of aromatic hydroxyl groups is 2. The number of phenols is 2. The second-order valence-corrected chi connectivity index (χ2v) is 15.1. The Morgan fingerprint density at radius 2 is 1.02 bits per heavy atom. The van der Waals surface area contributed by atoms with Crippen molar-refractivity contribution < 1.29 is 10.2 Å². The Morgan fingerprint density at radius 3 is 1.60 bits per heavy atom. The highest BCUT2D eigenvalue weighted by atomic mass is 16.3. The van der Waals surface area contributed by atoms with Crippen molar-refractivity contribution in [1.82, 2.24) is 9.80 Å². The van der Waals surface area contributed by atoms with Crippen molar-refractivity contribution in [2.45, 2.75) is 39.3 Å². The zero-order valence-electron chi connectivity index (χ0n) is 30.7. The minimum atomic E-state index is -0.503. The van der Waals surface area contributed by atoms with Gasteiger partial charge in [0.15, 0.2) is 0 Å². The molecule has 0 heterocycles. The number of benzene rings is 7. The van der Waals surface area contributed by atoms with Crippen LogP contribution in [-0.2, 0) is 18.5 Å². The van der Waals surface area contributed by atoms with Crippen LogP contribution in [0.2, 0.25) is 0 Å². The summed E-state index contributed by atoms with van der Waals surface area (Å²) < 4.78 is 0. The molecule has 260 valence electrons. The predicted molar refractivity (Wildman–Crippen MR) is 216 cm³/mol. The van der Waals surface area contributed by atoms with Crippen molar-refractivity contribution in [3.63, 3.8) is 0 Å². The Hall–Kier alpha value is -5.42. The Balaban J connectivity index is 1.22. The molecule has 0 spiro atoms. The summed E-state index contributed by atoms with van der Waals surface area (Å²) in [7, 11) is 4.17. The molecule has 7 aromatic carbocycles. The highest BCUT2D eigenvalue weighted by molar-refractivity contribution is 6.13. The van der Waals surface area contributed by atoms with Gasteiger partial charge in [-0.25, -0.2) is 0 Å². The number of nitrogens with zero attached hydrogens (tertiary/aromatic N) is 2. The molecular weight excluding hydrogens is 637 g/mol. The summed E-state index contributed by atoms with van der Waals surface area (Å²) in [6.45, 7) is 9.16. The van der Waals surface area contributed by atoms with Crippen LogP contribution in [0, 0.1) is 13.8 Å². The maximum absolute atomic E-state index is 12.3. The van der Waals surface area contributed by atoms with Crippen LogP contribution in [0.5, 0.6) is 11.5 Å². The zero-order valence-corrected chi connectivity index (χ0v) is 30.7. The lowest BCUT2D eigenvalue weighted by Gasteiger charge is -2.31. The predicted octanol–water partition coefficient (Wildman–Crippen LogP) is 10.6. The van der Waals surface area contributed by atoms with Crippen molar-refractivity contribution >= 4 is 21.5 Å². The Morgan fingerprint density at radius 1 is 0.519 bits per heavy atom. The van der Waals surface area contributed by atoms with Gasteiger partial charge in [0.2, 0.25) is 0 Å². The molecule has 0 saturated carbocycles. The highest BCUT2D eigenvalue weighted by Crippen LogP contribution is 2.54. The second-order valence-electron chi connectivity index (χ2n) is 15.1. The van der Waals surface area contributed by atoms with Crippen LogP contribution in [-0.4, -0.2) is 47.2 Å². The first kappa shape index (κ1) is 33.7. The van der Waals surface area contributed by atoms with Gasteiger partial charge in [-0.3, -0.25) is 4.90 Å². The van der Waals surface area contributed by atoms with Gasteiger partial charge in [-0.1, -0.05) is 121 Å². The number of hydrogen-bond acceptors (Lipinski definition) is 4. The lowest BCUT2D eigenvalue weighted by atomic mass is 9.73. The lowest BCUT2D eigenvalue weighted by Crippen LogP contribution is -2.31. The van der Waals surface area contributed by atoms with Crippen LogP contribution < -0.4 is 0 Å². The van der Waals surface area contributed by atoms with Gasteiger partial charge in [0.25, 0.3) is 0 Å². The second kappa shape index (κ2) is 13.3. The molecule has 0 aliphatic heterocycles. The summed E-state index contributed by atoms with van der Waals surface area (Å²) in [6, 6.07) is 44.8. The average Bonchev–Trinajstić information content (AvgIpc) is 3.41. The standard InChI is InChI=1S/C48H46N2O2/c1-31-24-35(46(51)41(26-31)45-37-16-8-6-14-33(37)28-34-15-7-9-17-38(34)45)29-50(23-22-49(4)5)30-36-25-32(2)27-44(47(36)52)48(3)42-20-12-10-18-39(42)40-19-11-13-21-43(40)48/h6-21,24-28,51-52H,22-23,29-30H2,1-5H3. The molecule has 52 heavy (non-hydrogen) atoms. The first-order chi connectivity index (χ1) is 25.1. The number of aryl methyl sites for hydroxylation is 2. The molecule has 1 aliphatic rings. The van der Waals surface area contributed by atoms with E-state index in [1.54, 1.807) is 0 Å². The van der Waals surface area contributed by atoms with E-state index in [1.807, 2.05) is 0 Å². The molecule has 8 rings (SSSR count). The molecule has 0 aromatic heterocycles. The van der Waals surface area contributed by atoms with Crippen LogP contribution in [0.4, 0.5) is 0 Å². The number of rotatable bonds is 9. The van der Waals surface area contributed by atoms with Gasteiger partial charge in [-0.2, -0.15) is 0 Å². The molecule has 0 fully saturated rings. The molecular formula is C48H46N2O2. The van der Waals surface area contributed by atoms with Crippen molar-refractivity contribution in [2.24, 2.45) is 0 Å². The normalized spacial score (nSPS) is 13.3. The number of likely N-dealkylation sites (N-methyl/N-ethyl adjacent to an activating group) is 1. The molecule has 0 radical (unpaired) electrons. The van der Waals surface area contributed by atoms with E-state index in [9.17, 15) is 10.2 Å². The maximum atomic E-state index is 12.3. The van der Waals surface area contributed by atoms with E-state index in [4.69, 9.17) is 0 Å². The zero-order chi connectivity index (χ0) is 36.1. The minimum Gasteiger partial charge on any atom is -0.507 e. The summed E-state index contributed by atoms with van der Waals surface area (Å²) in [5.74, 6) is 0.647. The van der Waals surface area contributed by atoms with Crippen LogP contribution in [0.3, 0.4) is 0 Å². The quantitative estimate of drug-likeness (QED) is 0.149. The van der Waals surface area contributed by atoms with Crippen LogP contribution >= 0.6 is 0 Å². The van der Waals surface area contributed by atoms with E-state index in [0.29, 0.717) is 24.6 Å². The molecule has 7 aromatic rings. The van der Waals surface area contributed by atoms with Gasteiger partial charge in [-0.15, -0.1) is 0 Å². The SMILES string of the molecule is Cc1cc(CN(CCN(C)C)Cc2cc(C)cc(C3(C)c4ccccc4-c4ccccc43)c2O)c(O)c(-c2c3ccccc3cc3ccccc23)c1. The van der Waals surface area contributed by atoms with E-state index >= 15 is 0 Å². The van der Waals surface area contributed by atoms with Crippen molar-refractivity contribution in [2.75, 3.05) is 27.2 Å². The molecule has 2 N–H and O–H groups in total. The van der Waals surface area contributed by atoms with Gasteiger partial charge < -0.3 is 15.1 Å². The number of phenolic OH excluding ortho intramolecular Hbond substituents is 2. The number of fused-ring (bicyclic) bond motifs is 5. The molecule has 4 nitrogen and oxygen atoms in total. The average molecular weight is 683 g/mol. The summed E-state index contributed by atoms with van der Waals surface area (Å²) >= 11 is 0. The van der Waals surface area contributed by atoms with Gasteiger partial charge in [-0.05, 0) is 96.4 Å². The fourth-order valence-corrected chi connectivity index (χ4v) is 8.60. The summed E-state index contributed by atoms with van der Waals surface area (Å²) in [6.07, 6.45) is 0. The summed E-state index contributed by atoms with van der Waals surface area (Å²) in [4.78, 5) is 4.54. The number of hydrogen-bond donors (Lipinski definition) is 2. The van der Waals surface area contributed by atoms with E-state index in [-0.39, 0.29) is 0 Å². The maximum Gasteiger partial charge on any atom is 0.127 e.